The average molecular weight is 380 g/mol. The van der Waals surface area contributed by atoms with Crippen molar-refractivity contribution in [2.45, 2.75) is 24.7 Å². The van der Waals surface area contributed by atoms with E-state index in [2.05, 4.69) is 20.2 Å². The molecule has 0 aliphatic carbocycles. The number of benzene rings is 1. The number of aromatic nitrogens is 2. The van der Waals surface area contributed by atoms with Gasteiger partial charge in [0.25, 0.3) is 5.91 Å². The first-order valence-electron chi connectivity index (χ1n) is 8.30. The number of aromatic amines is 1. The molecule has 3 N–H and O–H groups in total. The van der Waals surface area contributed by atoms with Crippen LogP contribution in [0.15, 0.2) is 35.4 Å². The Morgan fingerprint density at radius 3 is 2.58 bits per heavy atom. The van der Waals surface area contributed by atoms with Crippen LogP contribution in [0, 0.1) is 6.92 Å². The average Bonchev–Trinajstić information content (AvgIpc) is 3.04. The highest BCUT2D eigenvalue weighted by Gasteiger charge is 2.14. The first-order valence-corrected chi connectivity index (χ1v) is 9.78. The highest BCUT2D eigenvalue weighted by atomic mass is 32.2. The highest BCUT2D eigenvalue weighted by Crippen LogP contribution is 2.11. The summed E-state index contributed by atoms with van der Waals surface area (Å²) >= 11 is 0. The Kier molecular flexibility index (Phi) is 7.31. The lowest BCUT2D eigenvalue weighted by Crippen LogP contribution is -2.27. The number of carbonyl (C=O) groups excluding carboxylic acids is 1. The lowest BCUT2D eigenvalue weighted by molar-refractivity contribution is 0.0953. The molecule has 0 unspecified atom stereocenters. The number of ether oxygens (including phenoxy) is 1. The van der Waals surface area contributed by atoms with Crippen LogP contribution in [0.3, 0.4) is 0 Å². The number of amides is 1. The van der Waals surface area contributed by atoms with Gasteiger partial charge in [-0.3, -0.25) is 9.89 Å². The number of nitrogens with one attached hydrogen (secondary N) is 3. The van der Waals surface area contributed by atoms with Crippen molar-refractivity contribution >= 4 is 15.9 Å². The van der Waals surface area contributed by atoms with Crippen LogP contribution in [0.25, 0.3) is 0 Å². The van der Waals surface area contributed by atoms with E-state index in [4.69, 9.17) is 4.74 Å². The summed E-state index contributed by atoms with van der Waals surface area (Å²) < 4.78 is 31.4. The van der Waals surface area contributed by atoms with E-state index in [0.29, 0.717) is 12.1 Å². The van der Waals surface area contributed by atoms with Crippen molar-refractivity contribution in [1.82, 2.24) is 20.2 Å². The Bertz CT molecular complexity index is 816. The molecule has 0 saturated carbocycles. The Morgan fingerprint density at radius 2 is 1.96 bits per heavy atom. The molecule has 1 heterocycles. The molecule has 2 aromatic rings. The van der Waals surface area contributed by atoms with Gasteiger partial charge in [0.15, 0.2) is 0 Å². The smallest absolute Gasteiger partial charge is 0.251 e. The number of rotatable bonds is 10. The van der Waals surface area contributed by atoms with Gasteiger partial charge in [0, 0.05) is 31.5 Å². The molecular weight excluding hydrogens is 356 g/mol. The second-order valence-corrected chi connectivity index (χ2v) is 7.56. The van der Waals surface area contributed by atoms with E-state index in [-0.39, 0.29) is 24.0 Å². The van der Waals surface area contributed by atoms with Crippen molar-refractivity contribution in [1.29, 1.82) is 0 Å². The lowest BCUT2D eigenvalue weighted by Gasteiger charge is -2.08. The summed E-state index contributed by atoms with van der Waals surface area (Å²) in [6, 6.07) is 5.83. The SMILES string of the molecule is COCCNS(=O)(=O)c1ccc(C(=O)NCCCc2cn[nH]c2C)cc1. The maximum atomic E-state index is 12.1. The third-order valence-electron chi connectivity index (χ3n) is 3.87. The molecule has 26 heavy (non-hydrogen) atoms. The van der Waals surface area contributed by atoms with Gasteiger partial charge in [-0.25, -0.2) is 13.1 Å². The minimum Gasteiger partial charge on any atom is -0.383 e. The number of nitrogens with zero attached hydrogens (tertiary/aromatic N) is 1. The van der Waals surface area contributed by atoms with E-state index in [0.717, 1.165) is 24.1 Å². The first kappa shape index (κ1) is 20.1. The number of carbonyl (C=O) groups is 1. The highest BCUT2D eigenvalue weighted by molar-refractivity contribution is 7.89. The number of H-pyrrole nitrogens is 1. The standard InChI is InChI=1S/C17H24N4O4S/c1-13-15(12-19-21-13)4-3-9-18-17(22)14-5-7-16(8-6-14)26(23,24)20-10-11-25-2/h5-8,12,20H,3-4,9-11H2,1-2H3,(H,18,22)(H,19,21). The molecule has 0 saturated heterocycles. The molecular formula is C17H24N4O4S. The minimum atomic E-state index is -3.60. The number of methoxy groups -OCH3 is 1. The third kappa shape index (κ3) is 5.65. The van der Waals surface area contributed by atoms with Crippen molar-refractivity contribution in [3.8, 4) is 0 Å². The number of sulfonamides is 1. The van der Waals surface area contributed by atoms with Crippen LogP contribution >= 0.6 is 0 Å². The van der Waals surface area contributed by atoms with Crippen molar-refractivity contribution in [2.24, 2.45) is 0 Å². The molecule has 0 aliphatic rings. The molecule has 0 bridgehead atoms. The van der Waals surface area contributed by atoms with Crippen LogP contribution in [0.1, 0.15) is 28.0 Å². The van der Waals surface area contributed by atoms with Gasteiger partial charge < -0.3 is 10.1 Å². The van der Waals surface area contributed by atoms with Crippen LogP contribution in [0.2, 0.25) is 0 Å². The number of hydrogen-bond donors (Lipinski definition) is 3. The Hall–Kier alpha value is -2.23. The van der Waals surface area contributed by atoms with Gasteiger partial charge in [-0.1, -0.05) is 0 Å². The van der Waals surface area contributed by atoms with E-state index in [1.165, 1.54) is 31.4 Å². The van der Waals surface area contributed by atoms with Gasteiger partial charge in [0.2, 0.25) is 10.0 Å². The molecule has 0 aliphatic heterocycles. The fourth-order valence-electron chi connectivity index (χ4n) is 2.36. The van der Waals surface area contributed by atoms with Crippen LogP contribution in [-0.2, 0) is 21.2 Å². The topological polar surface area (TPSA) is 113 Å². The van der Waals surface area contributed by atoms with Crippen LogP contribution in [-0.4, -0.2) is 51.3 Å². The molecule has 0 atom stereocenters. The summed E-state index contributed by atoms with van der Waals surface area (Å²) in [4.78, 5) is 12.2. The van der Waals surface area contributed by atoms with E-state index >= 15 is 0 Å². The molecule has 2 rings (SSSR count). The predicted molar refractivity (Wildman–Crippen MR) is 97.5 cm³/mol. The second kappa shape index (κ2) is 9.46. The van der Waals surface area contributed by atoms with Crippen LogP contribution < -0.4 is 10.0 Å². The molecule has 0 spiro atoms. The Balaban J connectivity index is 1.83. The zero-order valence-electron chi connectivity index (χ0n) is 14.9. The predicted octanol–water partition coefficient (Wildman–Crippen LogP) is 1.01. The van der Waals surface area contributed by atoms with Crippen LogP contribution in [0.5, 0.6) is 0 Å². The largest absolute Gasteiger partial charge is 0.383 e. The summed E-state index contributed by atoms with van der Waals surface area (Å²) in [5, 5.41) is 9.67. The number of hydrogen-bond acceptors (Lipinski definition) is 5. The summed E-state index contributed by atoms with van der Waals surface area (Å²) in [5.74, 6) is -0.231. The molecule has 142 valence electrons. The van der Waals surface area contributed by atoms with E-state index in [9.17, 15) is 13.2 Å². The lowest BCUT2D eigenvalue weighted by atomic mass is 10.1. The third-order valence-corrected chi connectivity index (χ3v) is 5.34. The summed E-state index contributed by atoms with van der Waals surface area (Å²) in [7, 11) is -2.10. The van der Waals surface area contributed by atoms with Crippen molar-refractivity contribution in [2.75, 3.05) is 26.8 Å². The van der Waals surface area contributed by atoms with E-state index in [1.807, 2.05) is 6.92 Å². The normalized spacial score (nSPS) is 11.5. The maximum Gasteiger partial charge on any atom is 0.251 e. The summed E-state index contributed by atoms with van der Waals surface area (Å²) in [5.41, 5.74) is 2.59. The second-order valence-electron chi connectivity index (χ2n) is 5.79. The maximum absolute atomic E-state index is 12.1. The molecule has 0 fully saturated rings. The van der Waals surface area contributed by atoms with Gasteiger partial charge in [-0.2, -0.15) is 5.10 Å². The minimum absolute atomic E-state index is 0.112. The van der Waals surface area contributed by atoms with Crippen molar-refractivity contribution < 1.29 is 17.9 Å². The summed E-state index contributed by atoms with van der Waals surface area (Å²) in [6.45, 7) is 2.97. The van der Waals surface area contributed by atoms with E-state index < -0.39 is 10.0 Å². The Morgan fingerprint density at radius 1 is 1.23 bits per heavy atom. The summed E-state index contributed by atoms with van der Waals surface area (Å²) in [6.07, 6.45) is 3.41. The van der Waals surface area contributed by atoms with Gasteiger partial charge in [0.05, 0.1) is 17.7 Å². The fraction of sp³-hybridized carbons (Fsp3) is 0.412. The molecule has 1 aromatic carbocycles. The Labute approximate surface area is 153 Å². The molecule has 1 aromatic heterocycles. The molecule has 9 heteroatoms. The van der Waals surface area contributed by atoms with Gasteiger partial charge in [-0.05, 0) is 49.6 Å². The van der Waals surface area contributed by atoms with Crippen molar-refractivity contribution in [3.63, 3.8) is 0 Å². The number of aryl methyl sites for hydroxylation is 2. The molecule has 0 radical (unpaired) electrons. The zero-order chi connectivity index (χ0) is 19.0. The monoisotopic (exact) mass is 380 g/mol. The fourth-order valence-corrected chi connectivity index (χ4v) is 3.37. The zero-order valence-corrected chi connectivity index (χ0v) is 15.7. The van der Waals surface area contributed by atoms with Gasteiger partial charge in [0.1, 0.15) is 0 Å². The van der Waals surface area contributed by atoms with Gasteiger partial charge >= 0.3 is 0 Å². The van der Waals surface area contributed by atoms with E-state index in [1.54, 1.807) is 6.20 Å². The molecule has 8 nitrogen and oxygen atoms in total. The van der Waals surface area contributed by atoms with Crippen molar-refractivity contribution in [3.05, 3.63) is 47.3 Å². The van der Waals surface area contributed by atoms with Gasteiger partial charge in [-0.15, -0.1) is 0 Å². The quantitative estimate of drug-likeness (QED) is 0.532. The molecule has 1 amide bonds. The first-order chi connectivity index (χ1) is 12.4. The van der Waals surface area contributed by atoms with Crippen LogP contribution in [0.4, 0.5) is 0 Å².